The molecule has 0 aliphatic carbocycles. The average Bonchev–Trinajstić information content (AvgIpc) is 2.48. The number of ether oxygens (including phenoxy) is 1. The Morgan fingerprint density at radius 2 is 1.85 bits per heavy atom. The van der Waals surface area contributed by atoms with Crippen LogP contribution in [-0.4, -0.2) is 62.1 Å². The predicted molar refractivity (Wildman–Crippen MR) is 83.0 cm³/mol. The molecular weight excluding hydrogens is 320 g/mol. The van der Waals surface area contributed by atoms with Gasteiger partial charge in [-0.3, -0.25) is 9.69 Å². The van der Waals surface area contributed by atoms with Crippen molar-refractivity contribution in [1.82, 2.24) is 9.80 Å². The van der Waals surface area contributed by atoms with Crippen LogP contribution in [0.4, 0.5) is 0 Å². The molecule has 1 amide bonds. The molecule has 1 fully saturated rings. The van der Waals surface area contributed by atoms with Gasteiger partial charge in [0.05, 0.1) is 0 Å². The Labute approximate surface area is 128 Å². The van der Waals surface area contributed by atoms with E-state index < -0.39 is 0 Å². The van der Waals surface area contributed by atoms with Crippen molar-refractivity contribution in [3.63, 3.8) is 0 Å². The molecule has 1 heterocycles. The van der Waals surface area contributed by atoms with Gasteiger partial charge in [-0.15, -0.1) is 0 Å². The van der Waals surface area contributed by atoms with Crippen LogP contribution in [0.25, 0.3) is 0 Å². The lowest BCUT2D eigenvalue weighted by Gasteiger charge is -2.34. The molecule has 2 rings (SSSR count). The molecule has 0 N–H and O–H groups in total. The normalized spacial score (nSPS) is 16.4. The van der Waals surface area contributed by atoms with E-state index in [0.29, 0.717) is 0 Å². The molecule has 1 aliphatic rings. The van der Waals surface area contributed by atoms with Crippen LogP contribution in [0.5, 0.6) is 0 Å². The van der Waals surface area contributed by atoms with E-state index in [-0.39, 0.29) is 5.91 Å². The first-order valence-electron chi connectivity index (χ1n) is 6.97. The Morgan fingerprint density at radius 3 is 2.45 bits per heavy atom. The summed E-state index contributed by atoms with van der Waals surface area (Å²) in [7, 11) is 1.73. The van der Waals surface area contributed by atoms with Crippen LogP contribution in [-0.2, 0) is 4.74 Å². The van der Waals surface area contributed by atoms with Gasteiger partial charge in [-0.1, -0.05) is 15.9 Å². The molecule has 1 aliphatic heterocycles. The van der Waals surface area contributed by atoms with Crippen LogP contribution in [0.3, 0.4) is 0 Å². The van der Waals surface area contributed by atoms with Gasteiger partial charge in [0.1, 0.15) is 0 Å². The maximum atomic E-state index is 12.4. The molecule has 0 saturated carbocycles. The first kappa shape index (κ1) is 15.5. The van der Waals surface area contributed by atoms with E-state index in [4.69, 9.17) is 4.74 Å². The lowest BCUT2D eigenvalue weighted by atomic mass is 10.2. The van der Waals surface area contributed by atoms with Crippen LogP contribution in [0, 0.1) is 0 Å². The third-order valence-electron chi connectivity index (χ3n) is 3.57. The molecule has 0 atom stereocenters. The summed E-state index contributed by atoms with van der Waals surface area (Å²) in [6.45, 7) is 5.37. The van der Waals surface area contributed by atoms with Crippen LogP contribution in [0.1, 0.15) is 16.8 Å². The van der Waals surface area contributed by atoms with Gasteiger partial charge in [-0.25, -0.2) is 0 Å². The van der Waals surface area contributed by atoms with Crippen molar-refractivity contribution in [3.8, 4) is 0 Å². The maximum absolute atomic E-state index is 12.4. The molecule has 0 aromatic heterocycles. The second-order valence-corrected chi connectivity index (χ2v) is 5.90. The number of amides is 1. The zero-order chi connectivity index (χ0) is 14.4. The zero-order valence-electron chi connectivity index (χ0n) is 11.8. The number of benzene rings is 1. The molecule has 0 spiro atoms. The predicted octanol–water partition coefficient (Wildman–Crippen LogP) is 2.24. The van der Waals surface area contributed by atoms with Crippen LogP contribution < -0.4 is 0 Å². The summed E-state index contributed by atoms with van der Waals surface area (Å²) in [6.07, 6.45) is 1.05. The fraction of sp³-hybridized carbons (Fsp3) is 0.533. The van der Waals surface area contributed by atoms with E-state index in [2.05, 4.69) is 20.8 Å². The number of nitrogens with zero attached hydrogens (tertiary/aromatic N) is 2. The van der Waals surface area contributed by atoms with Gasteiger partial charge < -0.3 is 9.64 Å². The van der Waals surface area contributed by atoms with Crippen LogP contribution >= 0.6 is 15.9 Å². The van der Waals surface area contributed by atoms with Crippen LogP contribution in [0.15, 0.2) is 28.7 Å². The Hall–Kier alpha value is -0.910. The largest absolute Gasteiger partial charge is 0.385 e. The Kier molecular flexibility index (Phi) is 6.01. The van der Waals surface area contributed by atoms with E-state index >= 15 is 0 Å². The zero-order valence-corrected chi connectivity index (χ0v) is 13.4. The van der Waals surface area contributed by atoms with Crippen molar-refractivity contribution in [1.29, 1.82) is 0 Å². The molecule has 4 nitrogen and oxygen atoms in total. The number of piperazine rings is 1. The molecule has 5 heteroatoms. The van der Waals surface area contributed by atoms with Crippen molar-refractivity contribution >= 4 is 21.8 Å². The molecule has 1 aromatic rings. The van der Waals surface area contributed by atoms with Gasteiger partial charge >= 0.3 is 0 Å². The number of methoxy groups -OCH3 is 1. The minimum Gasteiger partial charge on any atom is -0.385 e. The number of carbonyl (C=O) groups excluding carboxylic acids is 1. The van der Waals surface area contributed by atoms with Gasteiger partial charge in [0.15, 0.2) is 0 Å². The van der Waals surface area contributed by atoms with E-state index in [1.807, 2.05) is 29.2 Å². The monoisotopic (exact) mass is 340 g/mol. The van der Waals surface area contributed by atoms with Crippen molar-refractivity contribution in [3.05, 3.63) is 34.3 Å². The quantitative estimate of drug-likeness (QED) is 0.770. The second-order valence-electron chi connectivity index (χ2n) is 4.99. The average molecular weight is 341 g/mol. The number of hydrogen-bond acceptors (Lipinski definition) is 3. The van der Waals surface area contributed by atoms with Gasteiger partial charge in [-0.2, -0.15) is 0 Å². The van der Waals surface area contributed by atoms with Gasteiger partial charge in [0, 0.05) is 56.5 Å². The van der Waals surface area contributed by atoms with E-state index in [0.717, 1.165) is 55.8 Å². The summed E-state index contributed by atoms with van der Waals surface area (Å²) in [5, 5.41) is 0. The Bertz CT molecular complexity index is 428. The maximum Gasteiger partial charge on any atom is 0.253 e. The van der Waals surface area contributed by atoms with Gasteiger partial charge in [0.2, 0.25) is 0 Å². The van der Waals surface area contributed by atoms with Crippen molar-refractivity contribution in [2.24, 2.45) is 0 Å². The summed E-state index contributed by atoms with van der Waals surface area (Å²) in [6, 6.07) is 7.57. The standard InChI is InChI=1S/C15H21BrN2O2/c1-20-12-2-7-17-8-10-18(11-9-17)15(19)13-3-5-14(16)6-4-13/h3-6H,2,7-12H2,1H3. The fourth-order valence-electron chi connectivity index (χ4n) is 2.38. The summed E-state index contributed by atoms with van der Waals surface area (Å²) in [5.41, 5.74) is 0.765. The molecule has 20 heavy (non-hydrogen) atoms. The minimum absolute atomic E-state index is 0.133. The number of halogens is 1. The number of rotatable bonds is 5. The summed E-state index contributed by atoms with van der Waals surface area (Å²) >= 11 is 3.39. The summed E-state index contributed by atoms with van der Waals surface area (Å²) in [4.78, 5) is 16.7. The molecule has 1 saturated heterocycles. The Morgan fingerprint density at radius 1 is 1.20 bits per heavy atom. The van der Waals surface area contributed by atoms with Gasteiger partial charge in [0.25, 0.3) is 5.91 Å². The van der Waals surface area contributed by atoms with E-state index in [1.54, 1.807) is 7.11 Å². The second kappa shape index (κ2) is 7.76. The SMILES string of the molecule is COCCCN1CCN(C(=O)c2ccc(Br)cc2)CC1. The smallest absolute Gasteiger partial charge is 0.253 e. The third-order valence-corrected chi connectivity index (χ3v) is 4.10. The molecule has 1 aromatic carbocycles. The highest BCUT2D eigenvalue weighted by Gasteiger charge is 2.21. The minimum atomic E-state index is 0.133. The van der Waals surface area contributed by atoms with Gasteiger partial charge in [-0.05, 0) is 30.7 Å². The third kappa shape index (κ3) is 4.30. The lowest BCUT2D eigenvalue weighted by molar-refractivity contribution is 0.0624. The highest BCUT2D eigenvalue weighted by Crippen LogP contribution is 2.13. The topological polar surface area (TPSA) is 32.8 Å². The Balaban J connectivity index is 1.81. The molecule has 0 unspecified atom stereocenters. The highest BCUT2D eigenvalue weighted by atomic mass is 79.9. The van der Waals surface area contributed by atoms with Crippen molar-refractivity contribution < 1.29 is 9.53 Å². The van der Waals surface area contributed by atoms with E-state index in [9.17, 15) is 4.79 Å². The summed E-state index contributed by atoms with van der Waals surface area (Å²) < 4.78 is 6.06. The lowest BCUT2D eigenvalue weighted by Crippen LogP contribution is -2.48. The highest BCUT2D eigenvalue weighted by molar-refractivity contribution is 9.10. The van der Waals surface area contributed by atoms with Crippen molar-refractivity contribution in [2.75, 3.05) is 46.4 Å². The first-order valence-corrected chi connectivity index (χ1v) is 7.76. The molecular formula is C15H21BrN2O2. The molecule has 0 radical (unpaired) electrons. The molecule has 110 valence electrons. The van der Waals surface area contributed by atoms with E-state index in [1.165, 1.54) is 0 Å². The van der Waals surface area contributed by atoms with Crippen molar-refractivity contribution in [2.45, 2.75) is 6.42 Å². The summed E-state index contributed by atoms with van der Waals surface area (Å²) in [5.74, 6) is 0.133. The number of carbonyl (C=O) groups is 1. The fourth-order valence-corrected chi connectivity index (χ4v) is 2.65. The molecule has 0 bridgehead atoms. The number of hydrogen-bond donors (Lipinski definition) is 0. The van der Waals surface area contributed by atoms with Crippen LogP contribution in [0.2, 0.25) is 0 Å². The first-order chi connectivity index (χ1) is 9.70.